The monoisotopic (exact) mass is 499 g/mol. The van der Waals surface area contributed by atoms with Gasteiger partial charge in [-0.15, -0.1) is 35.3 Å². The Morgan fingerprint density at radius 1 is 1.33 bits per heavy atom. The number of benzene rings is 1. The van der Waals surface area contributed by atoms with Crippen LogP contribution in [-0.2, 0) is 6.42 Å². The minimum atomic E-state index is 0. The third-order valence-corrected chi connectivity index (χ3v) is 5.58. The molecule has 1 aliphatic heterocycles. The molecule has 27 heavy (non-hydrogen) atoms. The summed E-state index contributed by atoms with van der Waals surface area (Å²) in [6.07, 6.45) is 3.50. The molecule has 1 aromatic carbocycles. The number of aryl methyl sites for hydroxylation is 1. The van der Waals surface area contributed by atoms with Crippen molar-refractivity contribution in [1.82, 2.24) is 15.6 Å². The number of anilines is 1. The highest BCUT2D eigenvalue weighted by atomic mass is 127. The average Bonchev–Trinajstić information content (AvgIpc) is 3.33. The zero-order valence-corrected chi connectivity index (χ0v) is 19.5. The van der Waals surface area contributed by atoms with Gasteiger partial charge in [-0.3, -0.25) is 4.99 Å². The van der Waals surface area contributed by atoms with E-state index < -0.39 is 0 Å². The highest BCUT2D eigenvalue weighted by Crippen LogP contribution is 2.23. The van der Waals surface area contributed by atoms with E-state index in [2.05, 4.69) is 62.1 Å². The number of nitrogens with zero attached hydrogens (tertiary/aromatic N) is 3. The van der Waals surface area contributed by atoms with Crippen molar-refractivity contribution >= 4 is 47.0 Å². The van der Waals surface area contributed by atoms with E-state index in [-0.39, 0.29) is 30.0 Å². The van der Waals surface area contributed by atoms with Crippen molar-refractivity contribution in [3.05, 3.63) is 45.9 Å². The second-order valence-electron chi connectivity index (χ2n) is 6.76. The molecule has 1 aliphatic rings. The Kier molecular flexibility index (Phi) is 8.82. The van der Waals surface area contributed by atoms with Crippen LogP contribution in [0.1, 0.15) is 42.1 Å². The molecule has 1 saturated heterocycles. The molecule has 2 aromatic rings. The molecule has 0 amide bonds. The van der Waals surface area contributed by atoms with Crippen molar-refractivity contribution in [1.29, 1.82) is 0 Å². The lowest BCUT2D eigenvalue weighted by molar-refractivity contribution is 0.683. The first-order chi connectivity index (χ1) is 12.7. The number of hydrogen-bond donors (Lipinski definition) is 2. The Morgan fingerprint density at radius 2 is 2.11 bits per heavy atom. The smallest absolute Gasteiger partial charge is 0.191 e. The van der Waals surface area contributed by atoms with Crippen molar-refractivity contribution < 1.29 is 0 Å². The number of rotatable bonds is 6. The van der Waals surface area contributed by atoms with E-state index in [0.717, 1.165) is 29.6 Å². The fourth-order valence-electron chi connectivity index (χ4n) is 3.28. The Labute approximate surface area is 183 Å². The molecule has 1 aromatic heterocycles. The van der Waals surface area contributed by atoms with E-state index in [9.17, 15) is 0 Å². The van der Waals surface area contributed by atoms with Gasteiger partial charge >= 0.3 is 0 Å². The van der Waals surface area contributed by atoms with Gasteiger partial charge < -0.3 is 15.5 Å². The van der Waals surface area contributed by atoms with E-state index in [1.807, 2.05) is 14.0 Å². The van der Waals surface area contributed by atoms with Crippen LogP contribution in [0.2, 0.25) is 0 Å². The largest absolute Gasteiger partial charge is 0.372 e. The fraction of sp³-hybridized carbons (Fsp3) is 0.500. The van der Waals surface area contributed by atoms with Crippen LogP contribution in [0, 0.1) is 6.92 Å². The Morgan fingerprint density at radius 3 is 2.78 bits per heavy atom. The van der Waals surface area contributed by atoms with Crippen molar-refractivity contribution in [2.24, 2.45) is 4.99 Å². The van der Waals surface area contributed by atoms with Gasteiger partial charge in [0, 0.05) is 44.2 Å². The van der Waals surface area contributed by atoms with Crippen LogP contribution in [-0.4, -0.2) is 37.6 Å². The molecule has 148 valence electrons. The number of aliphatic imine (C=N–C) groups is 1. The number of hydrogen-bond acceptors (Lipinski definition) is 4. The predicted molar refractivity (Wildman–Crippen MR) is 127 cm³/mol. The van der Waals surface area contributed by atoms with Gasteiger partial charge in [0.05, 0.1) is 16.7 Å². The number of nitrogens with one attached hydrogen (secondary N) is 2. The zero-order chi connectivity index (χ0) is 18.4. The van der Waals surface area contributed by atoms with Gasteiger partial charge in [-0.25, -0.2) is 4.98 Å². The molecule has 0 bridgehead atoms. The summed E-state index contributed by atoms with van der Waals surface area (Å²) < 4.78 is 0. The second kappa shape index (κ2) is 10.8. The lowest BCUT2D eigenvalue weighted by Gasteiger charge is -2.22. The first-order valence-electron chi connectivity index (χ1n) is 9.39. The Balaban J connectivity index is 0.00000261. The van der Waals surface area contributed by atoms with E-state index in [1.165, 1.54) is 37.2 Å². The highest BCUT2D eigenvalue weighted by Gasteiger charge is 2.14. The zero-order valence-electron chi connectivity index (χ0n) is 16.4. The van der Waals surface area contributed by atoms with Crippen LogP contribution in [0.15, 0.2) is 34.6 Å². The molecule has 0 aliphatic carbocycles. The first-order valence-corrected chi connectivity index (χ1v) is 10.3. The summed E-state index contributed by atoms with van der Waals surface area (Å²) in [5.41, 5.74) is 3.75. The van der Waals surface area contributed by atoms with Crippen molar-refractivity contribution in [3.63, 3.8) is 0 Å². The van der Waals surface area contributed by atoms with Gasteiger partial charge in [0.2, 0.25) is 0 Å². The van der Waals surface area contributed by atoms with Gasteiger partial charge in [0.1, 0.15) is 0 Å². The maximum Gasteiger partial charge on any atom is 0.191 e. The highest BCUT2D eigenvalue weighted by molar-refractivity contribution is 14.0. The van der Waals surface area contributed by atoms with Crippen LogP contribution >= 0.6 is 35.3 Å². The van der Waals surface area contributed by atoms with E-state index >= 15 is 0 Å². The Bertz CT molecular complexity index is 739. The third kappa shape index (κ3) is 6.34. The maximum atomic E-state index is 4.50. The van der Waals surface area contributed by atoms with Gasteiger partial charge in [-0.2, -0.15) is 0 Å². The standard InChI is InChI=1S/C20H29N5S.HI/c1-15(17-7-6-8-19(13-17)25-11-4-5-12-25)23-20(21-3)22-10-9-18-14-26-16(2)24-18;/h6-8,13-15H,4-5,9-12H2,1-3H3,(H2,21,22,23);1H. The summed E-state index contributed by atoms with van der Waals surface area (Å²) in [5.74, 6) is 0.830. The van der Waals surface area contributed by atoms with Crippen molar-refractivity contribution in [3.8, 4) is 0 Å². The molecule has 0 saturated carbocycles. The summed E-state index contributed by atoms with van der Waals surface area (Å²) in [6, 6.07) is 9.05. The fourth-order valence-corrected chi connectivity index (χ4v) is 3.93. The number of thiazole rings is 1. The minimum Gasteiger partial charge on any atom is -0.372 e. The lowest BCUT2D eigenvalue weighted by atomic mass is 10.1. The molecule has 7 heteroatoms. The lowest BCUT2D eigenvalue weighted by Crippen LogP contribution is -2.39. The molecule has 1 fully saturated rings. The number of aromatic nitrogens is 1. The molecule has 1 atom stereocenters. The topological polar surface area (TPSA) is 52.6 Å². The predicted octanol–water partition coefficient (Wildman–Crippen LogP) is 4.14. The number of guanidine groups is 1. The number of halogens is 1. The van der Waals surface area contributed by atoms with Gasteiger partial charge in [-0.1, -0.05) is 12.1 Å². The molecule has 1 unspecified atom stereocenters. The SMILES string of the molecule is CN=C(NCCc1csc(C)n1)NC(C)c1cccc(N2CCCC2)c1.I. The molecule has 2 heterocycles. The minimum absolute atomic E-state index is 0. The normalized spacial score (nSPS) is 15.4. The average molecular weight is 499 g/mol. The summed E-state index contributed by atoms with van der Waals surface area (Å²) in [6.45, 7) is 7.39. The molecule has 0 radical (unpaired) electrons. The van der Waals surface area contributed by atoms with Crippen molar-refractivity contribution in [2.45, 2.75) is 39.2 Å². The summed E-state index contributed by atoms with van der Waals surface area (Å²) in [7, 11) is 1.82. The van der Waals surface area contributed by atoms with Crippen LogP contribution in [0.25, 0.3) is 0 Å². The van der Waals surface area contributed by atoms with E-state index in [0.29, 0.717) is 0 Å². The summed E-state index contributed by atoms with van der Waals surface area (Å²) >= 11 is 1.70. The van der Waals surface area contributed by atoms with Crippen molar-refractivity contribution in [2.75, 3.05) is 31.6 Å². The molecule has 0 spiro atoms. The van der Waals surface area contributed by atoms with Gasteiger partial charge in [0.25, 0.3) is 0 Å². The maximum absolute atomic E-state index is 4.50. The quantitative estimate of drug-likeness (QED) is 0.357. The molecular weight excluding hydrogens is 469 g/mol. The van der Waals surface area contributed by atoms with Crippen LogP contribution in [0.5, 0.6) is 0 Å². The third-order valence-electron chi connectivity index (χ3n) is 4.76. The van der Waals surface area contributed by atoms with Crippen LogP contribution in [0.4, 0.5) is 5.69 Å². The Hall–Kier alpha value is -1.35. The van der Waals surface area contributed by atoms with Gasteiger partial charge in [0.15, 0.2) is 5.96 Å². The second-order valence-corrected chi connectivity index (χ2v) is 7.82. The van der Waals surface area contributed by atoms with E-state index in [1.54, 1.807) is 11.3 Å². The molecular formula is C20H30IN5S. The van der Waals surface area contributed by atoms with Gasteiger partial charge in [-0.05, 0) is 44.4 Å². The first kappa shape index (κ1) is 21.9. The van der Waals surface area contributed by atoms with Crippen LogP contribution in [0.3, 0.4) is 0 Å². The van der Waals surface area contributed by atoms with E-state index in [4.69, 9.17) is 0 Å². The molecule has 2 N–H and O–H groups in total. The van der Waals surface area contributed by atoms with Crippen LogP contribution < -0.4 is 15.5 Å². The summed E-state index contributed by atoms with van der Waals surface area (Å²) in [4.78, 5) is 11.3. The summed E-state index contributed by atoms with van der Waals surface area (Å²) in [5, 5.41) is 10.1. The molecule has 5 nitrogen and oxygen atoms in total. The molecule has 3 rings (SSSR count).